The first-order valence-electron chi connectivity index (χ1n) is 6.27. The van der Waals surface area contributed by atoms with Crippen LogP contribution in [0.1, 0.15) is 40.5 Å². The number of hydrogen-bond donors (Lipinski definition) is 1. The largest absolute Gasteiger partial charge is 0.303 e. The van der Waals surface area contributed by atoms with E-state index in [1.165, 1.54) is 13.0 Å². The van der Waals surface area contributed by atoms with Crippen molar-refractivity contribution >= 4 is 0 Å². The van der Waals surface area contributed by atoms with E-state index in [-0.39, 0.29) is 0 Å². The van der Waals surface area contributed by atoms with Crippen molar-refractivity contribution in [3.05, 3.63) is 0 Å². The van der Waals surface area contributed by atoms with Gasteiger partial charge < -0.3 is 5.32 Å². The third-order valence-electron chi connectivity index (χ3n) is 3.90. The normalized spacial score (nSPS) is 32.0. The molecule has 1 aliphatic rings. The Hall–Kier alpha value is -0.590. The highest BCUT2D eigenvalue weighted by Crippen LogP contribution is 2.27. The molecule has 0 bridgehead atoms. The van der Waals surface area contributed by atoms with E-state index in [0.717, 1.165) is 12.3 Å². The highest BCUT2D eigenvalue weighted by atomic mass is 15.2. The van der Waals surface area contributed by atoms with Crippen molar-refractivity contribution in [2.24, 2.45) is 5.92 Å². The van der Waals surface area contributed by atoms with Crippen LogP contribution in [0.3, 0.4) is 0 Å². The maximum absolute atomic E-state index is 9.16. The summed E-state index contributed by atoms with van der Waals surface area (Å²) in [5.74, 6) is 0.792. The minimum absolute atomic E-state index is 0.398. The highest BCUT2D eigenvalue weighted by molar-refractivity contribution is 5.05. The molecule has 0 amide bonds. The fourth-order valence-electron chi connectivity index (χ4n) is 2.86. The molecule has 0 radical (unpaired) electrons. The van der Waals surface area contributed by atoms with Gasteiger partial charge in [0.1, 0.15) is 5.54 Å². The van der Waals surface area contributed by atoms with Crippen LogP contribution < -0.4 is 5.32 Å². The summed E-state index contributed by atoms with van der Waals surface area (Å²) in [6, 6.07) is 3.50. The van der Waals surface area contributed by atoms with Gasteiger partial charge in [0, 0.05) is 18.6 Å². The van der Waals surface area contributed by atoms with Gasteiger partial charge in [-0.3, -0.25) is 4.90 Å². The first kappa shape index (κ1) is 13.5. The van der Waals surface area contributed by atoms with Gasteiger partial charge in [0.25, 0.3) is 0 Å². The van der Waals surface area contributed by atoms with Crippen LogP contribution in [-0.4, -0.2) is 36.1 Å². The molecule has 1 N–H and O–H groups in total. The Kier molecular flexibility index (Phi) is 4.35. The molecule has 0 spiro atoms. The number of nitrogens with one attached hydrogen (secondary N) is 1. The Morgan fingerprint density at radius 1 is 1.56 bits per heavy atom. The van der Waals surface area contributed by atoms with E-state index in [1.807, 2.05) is 14.0 Å². The summed E-state index contributed by atoms with van der Waals surface area (Å²) < 4.78 is 0. The summed E-state index contributed by atoms with van der Waals surface area (Å²) in [7, 11) is 1.87. The zero-order chi connectivity index (χ0) is 12.3. The Balaban J connectivity index is 2.59. The summed E-state index contributed by atoms with van der Waals surface area (Å²) >= 11 is 0. The Bertz CT molecular complexity index is 271. The fourth-order valence-corrected chi connectivity index (χ4v) is 2.86. The molecule has 1 fully saturated rings. The SMILES string of the molecule is CNC(C)(C#N)CC(C)N1CC(C)CC1C. The van der Waals surface area contributed by atoms with Crippen LogP contribution in [0.25, 0.3) is 0 Å². The zero-order valence-corrected chi connectivity index (χ0v) is 11.2. The smallest absolute Gasteiger partial charge is 0.105 e. The molecule has 0 aromatic rings. The predicted octanol–water partition coefficient (Wildman–Crippen LogP) is 2.00. The molecule has 0 aromatic carbocycles. The first-order valence-corrected chi connectivity index (χ1v) is 6.27. The number of rotatable bonds is 4. The molecule has 92 valence electrons. The monoisotopic (exact) mass is 223 g/mol. The number of nitriles is 1. The molecule has 4 atom stereocenters. The van der Waals surface area contributed by atoms with Crippen LogP contribution in [-0.2, 0) is 0 Å². The van der Waals surface area contributed by atoms with Gasteiger partial charge in [0.2, 0.25) is 0 Å². The van der Waals surface area contributed by atoms with E-state index in [2.05, 4.69) is 37.1 Å². The van der Waals surface area contributed by atoms with E-state index in [4.69, 9.17) is 5.26 Å². The number of hydrogen-bond acceptors (Lipinski definition) is 3. The molecule has 3 nitrogen and oxygen atoms in total. The summed E-state index contributed by atoms with van der Waals surface area (Å²) in [6.07, 6.45) is 2.17. The van der Waals surface area contributed by atoms with Gasteiger partial charge in [0.15, 0.2) is 0 Å². The molecule has 0 aliphatic carbocycles. The average molecular weight is 223 g/mol. The van der Waals surface area contributed by atoms with E-state index >= 15 is 0 Å². The summed E-state index contributed by atoms with van der Waals surface area (Å²) in [5.41, 5.74) is -0.398. The van der Waals surface area contributed by atoms with Gasteiger partial charge in [0.05, 0.1) is 6.07 Å². The highest BCUT2D eigenvalue weighted by Gasteiger charge is 2.33. The minimum atomic E-state index is -0.398. The fraction of sp³-hybridized carbons (Fsp3) is 0.923. The van der Waals surface area contributed by atoms with Gasteiger partial charge >= 0.3 is 0 Å². The predicted molar refractivity (Wildman–Crippen MR) is 67.1 cm³/mol. The van der Waals surface area contributed by atoms with E-state index < -0.39 is 5.54 Å². The van der Waals surface area contributed by atoms with Crippen molar-refractivity contribution in [2.75, 3.05) is 13.6 Å². The molecule has 0 saturated carbocycles. The molecule has 1 rings (SSSR count). The van der Waals surface area contributed by atoms with Crippen LogP contribution in [0.5, 0.6) is 0 Å². The summed E-state index contributed by atoms with van der Waals surface area (Å²) in [5, 5.41) is 12.3. The average Bonchev–Trinajstić information content (AvgIpc) is 2.57. The lowest BCUT2D eigenvalue weighted by Gasteiger charge is -2.33. The molecule has 16 heavy (non-hydrogen) atoms. The van der Waals surface area contributed by atoms with Gasteiger partial charge in [-0.15, -0.1) is 0 Å². The minimum Gasteiger partial charge on any atom is -0.303 e. The lowest BCUT2D eigenvalue weighted by Crippen LogP contribution is -2.46. The van der Waals surface area contributed by atoms with Gasteiger partial charge in [-0.05, 0) is 46.6 Å². The molecule has 1 heterocycles. The van der Waals surface area contributed by atoms with Crippen molar-refractivity contribution in [3.8, 4) is 6.07 Å². The Morgan fingerprint density at radius 3 is 2.56 bits per heavy atom. The van der Waals surface area contributed by atoms with E-state index in [0.29, 0.717) is 12.1 Å². The van der Waals surface area contributed by atoms with Gasteiger partial charge in [-0.2, -0.15) is 5.26 Å². The molecule has 1 aliphatic heterocycles. The van der Waals surface area contributed by atoms with Crippen molar-refractivity contribution in [1.82, 2.24) is 10.2 Å². The van der Waals surface area contributed by atoms with Crippen LogP contribution >= 0.6 is 0 Å². The maximum atomic E-state index is 9.16. The van der Waals surface area contributed by atoms with Crippen molar-refractivity contribution in [1.29, 1.82) is 5.26 Å². The lowest BCUT2D eigenvalue weighted by atomic mass is 9.94. The second-order valence-electron chi connectivity index (χ2n) is 5.63. The second kappa shape index (κ2) is 5.16. The topological polar surface area (TPSA) is 39.1 Å². The van der Waals surface area contributed by atoms with Crippen LogP contribution in [0, 0.1) is 17.2 Å². The third kappa shape index (κ3) is 2.96. The second-order valence-corrected chi connectivity index (χ2v) is 5.63. The maximum Gasteiger partial charge on any atom is 0.105 e. The van der Waals surface area contributed by atoms with E-state index in [9.17, 15) is 0 Å². The molecule has 0 aromatic heterocycles. The lowest BCUT2D eigenvalue weighted by molar-refractivity contribution is 0.170. The molecule has 3 heteroatoms. The standard InChI is InChI=1S/C13H25N3/c1-10-6-11(2)16(8-10)12(3)7-13(4,9-14)15-5/h10-12,15H,6-8H2,1-5H3. The summed E-state index contributed by atoms with van der Waals surface area (Å²) in [6.45, 7) is 10.00. The van der Waals surface area contributed by atoms with Gasteiger partial charge in [-0.1, -0.05) is 6.92 Å². The third-order valence-corrected chi connectivity index (χ3v) is 3.90. The Labute approximate surface area is 99.8 Å². The number of likely N-dealkylation sites (tertiary alicyclic amines) is 1. The van der Waals surface area contributed by atoms with E-state index in [1.54, 1.807) is 0 Å². The van der Waals surface area contributed by atoms with Crippen LogP contribution in [0.4, 0.5) is 0 Å². The van der Waals surface area contributed by atoms with Crippen LogP contribution in [0.2, 0.25) is 0 Å². The van der Waals surface area contributed by atoms with Crippen molar-refractivity contribution < 1.29 is 0 Å². The zero-order valence-electron chi connectivity index (χ0n) is 11.2. The molecular formula is C13H25N3. The Morgan fingerprint density at radius 2 is 2.19 bits per heavy atom. The van der Waals surface area contributed by atoms with Crippen molar-refractivity contribution in [3.63, 3.8) is 0 Å². The van der Waals surface area contributed by atoms with Crippen LogP contribution in [0.15, 0.2) is 0 Å². The summed E-state index contributed by atoms with van der Waals surface area (Å²) in [4.78, 5) is 2.54. The molecule has 1 saturated heterocycles. The molecular weight excluding hydrogens is 198 g/mol. The number of nitrogens with zero attached hydrogens (tertiary/aromatic N) is 2. The molecule has 4 unspecified atom stereocenters. The van der Waals surface area contributed by atoms with Crippen molar-refractivity contribution in [2.45, 2.75) is 58.2 Å². The first-order chi connectivity index (χ1) is 7.41. The van der Waals surface area contributed by atoms with Gasteiger partial charge in [-0.25, -0.2) is 0 Å². The quantitative estimate of drug-likeness (QED) is 0.792.